The number of rotatable bonds is 3. The molecule has 0 atom stereocenters. The van der Waals surface area contributed by atoms with Gasteiger partial charge in [0.1, 0.15) is 11.2 Å². The van der Waals surface area contributed by atoms with E-state index in [0.717, 1.165) is 50.3 Å². The first-order valence-corrected chi connectivity index (χ1v) is 12.9. The fraction of sp³-hybridized carbons (Fsp3) is 0. The van der Waals surface area contributed by atoms with Crippen LogP contribution in [0.4, 0.5) is 17.5 Å². The normalized spacial score (nSPS) is 12.6. The maximum Gasteiger partial charge on any atom is 0.257 e. The van der Waals surface area contributed by atoms with Crippen LogP contribution in [0.25, 0.3) is 33.1 Å². The summed E-state index contributed by atoms with van der Waals surface area (Å²) >= 11 is 0. The molecule has 4 heteroatoms. The lowest BCUT2D eigenvalue weighted by molar-refractivity contribution is 0.585. The standard InChI is InChI=1S/C34H22BNO2/c1-3-11-23(12-4-1)24-19-21-25(22-20-24)35-31-27-15-7-9-17-29(27)37-33(31)36(26-13-5-2-6-14-26)34-32(35)28-16-8-10-18-30(28)38-34/h1-22H. The molecule has 0 saturated carbocycles. The monoisotopic (exact) mass is 487 g/mol. The Kier molecular flexibility index (Phi) is 4.62. The third-order valence-electron chi connectivity index (χ3n) is 7.58. The van der Waals surface area contributed by atoms with Gasteiger partial charge < -0.3 is 8.83 Å². The Morgan fingerprint density at radius 2 is 0.921 bits per heavy atom. The van der Waals surface area contributed by atoms with Gasteiger partial charge in [0.15, 0.2) is 0 Å². The second kappa shape index (κ2) is 8.29. The van der Waals surface area contributed by atoms with E-state index in [1.165, 1.54) is 16.6 Å². The van der Waals surface area contributed by atoms with E-state index in [4.69, 9.17) is 8.83 Å². The lowest BCUT2D eigenvalue weighted by atomic mass is 9.35. The zero-order valence-corrected chi connectivity index (χ0v) is 20.5. The molecule has 5 aromatic carbocycles. The van der Waals surface area contributed by atoms with Crippen LogP contribution in [-0.4, -0.2) is 6.71 Å². The van der Waals surface area contributed by atoms with E-state index in [-0.39, 0.29) is 6.71 Å². The maximum absolute atomic E-state index is 6.62. The van der Waals surface area contributed by atoms with Crippen LogP contribution >= 0.6 is 0 Å². The summed E-state index contributed by atoms with van der Waals surface area (Å²) in [6.07, 6.45) is 0. The van der Waals surface area contributed by atoms with Gasteiger partial charge in [-0.05, 0) is 35.4 Å². The molecule has 1 aliphatic heterocycles. The molecular formula is C34H22BNO2. The highest BCUT2D eigenvalue weighted by Gasteiger charge is 2.43. The molecule has 178 valence electrons. The number of benzene rings is 5. The molecule has 0 unspecified atom stereocenters. The maximum atomic E-state index is 6.62. The average molecular weight is 487 g/mol. The molecule has 0 N–H and O–H groups in total. The quantitative estimate of drug-likeness (QED) is 0.248. The SMILES string of the molecule is c1ccc(-c2ccc(B3c4c(oc5ccccc45)N(c4ccccc4)c4oc5ccccc5c43)cc2)cc1. The molecule has 0 radical (unpaired) electrons. The van der Waals surface area contributed by atoms with Gasteiger partial charge in [-0.2, -0.15) is 0 Å². The average Bonchev–Trinajstić information content (AvgIpc) is 3.56. The van der Waals surface area contributed by atoms with Gasteiger partial charge in [-0.25, -0.2) is 0 Å². The van der Waals surface area contributed by atoms with Gasteiger partial charge in [-0.15, -0.1) is 0 Å². The van der Waals surface area contributed by atoms with Gasteiger partial charge in [-0.1, -0.05) is 115 Å². The van der Waals surface area contributed by atoms with Crippen molar-refractivity contribution in [3.05, 3.63) is 133 Å². The van der Waals surface area contributed by atoms with Crippen LogP contribution in [-0.2, 0) is 0 Å². The molecule has 2 aromatic heterocycles. The van der Waals surface area contributed by atoms with Crippen molar-refractivity contribution in [3.63, 3.8) is 0 Å². The zero-order valence-electron chi connectivity index (χ0n) is 20.5. The second-order valence-corrected chi connectivity index (χ2v) is 9.73. The molecule has 0 spiro atoms. The van der Waals surface area contributed by atoms with Crippen LogP contribution in [0, 0.1) is 0 Å². The number of fused-ring (bicyclic) bond motifs is 6. The van der Waals surface area contributed by atoms with Crippen molar-refractivity contribution >= 4 is 62.5 Å². The summed E-state index contributed by atoms with van der Waals surface area (Å²) in [4.78, 5) is 2.14. The summed E-state index contributed by atoms with van der Waals surface area (Å²) in [6, 6.07) is 46.4. The number of para-hydroxylation sites is 3. The third kappa shape index (κ3) is 3.10. The summed E-state index contributed by atoms with van der Waals surface area (Å²) in [6.45, 7) is -0.0444. The van der Waals surface area contributed by atoms with Crippen LogP contribution in [0.3, 0.4) is 0 Å². The van der Waals surface area contributed by atoms with Gasteiger partial charge in [-0.3, -0.25) is 4.90 Å². The highest BCUT2D eigenvalue weighted by Crippen LogP contribution is 2.41. The molecule has 0 bridgehead atoms. The van der Waals surface area contributed by atoms with Gasteiger partial charge in [0, 0.05) is 21.7 Å². The number of hydrogen-bond acceptors (Lipinski definition) is 3. The topological polar surface area (TPSA) is 29.5 Å². The Hall–Kier alpha value is -4.96. The first kappa shape index (κ1) is 21.2. The zero-order chi connectivity index (χ0) is 25.1. The molecule has 0 fully saturated rings. The molecular weight excluding hydrogens is 465 g/mol. The molecule has 7 aromatic rings. The Balaban J connectivity index is 1.43. The van der Waals surface area contributed by atoms with E-state index in [1.54, 1.807) is 0 Å². The minimum absolute atomic E-state index is 0.0444. The highest BCUT2D eigenvalue weighted by atomic mass is 16.4. The van der Waals surface area contributed by atoms with Crippen LogP contribution in [0.15, 0.2) is 142 Å². The van der Waals surface area contributed by atoms with Crippen molar-refractivity contribution in [2.45, 2.75) is 0 Å². The van der Waals surface area contributed by atoms with Gasteiger partial charge in [0.2, 0.25) is 11.8 Å². The van der Waals surface area contributed by atoms with Crippen molar-refractivity contribution in [1.29, 1.82) is 0 Å². The van der Waals surface area contributed by atoms with Crippen LogP contribution < -0.4 is 21.3 Å². The fourth-order valence-electron chi connectivity index (χ4n) is 5.88. The van der Waals surface area contributed by atoms with E-state index < -0.39 is 0 Å². The molecule has 38 heavy (non-hydrogen) atoms. The smallest absolute Gasteiger partial charge is 0.257 e. The summed E-state index contributed by atoms with van der Waals surface area (Å²) in [5.74, 6) is 1.61. The Labute approximate surface area is 220 Å². The van der Waals surface area contributed by atoms with Crippen molar-refractivity contribution in [1.82, 2.24) is 0 Å². The first-order chi connectivity index (χ1) is 18.9. The van der Waals surface area contributed by atoms with Crippen molar-refractivity contribution in [2.75, 3.05) is 4.90 Å². The molecule has 8 rings (SSSR count). The molecule has 1 aliphatic rings. The molecule has 0 saturated heterocycles. The van der Waals surface area contributed by atoms with Gasteiger partial charge >= 0.3 is 0 Å². The third-order valence-corrected chi connectivity index (χ3v) is 7.58. The van der Waals surface area contributed by atoms with Crippen LogP contribution in [0.1, 0.15) is 0 Å². The Bertz CT molecular complexity index is 1840. The molecule has 3 nitrogen and oxygen atoms in total. The van der Waals surface area contributed by atoms with Gasteiger partial charge in [0.25, 0.3) is 6.71 Å². The summed E-state index contributed by atoms with van der Waals surface area (Å²) in [5, 5.41) is 2.24. The van der Waals surface area contributed by atoms with Crippen LogP contribution in [0.2, 0.25) is 0 Å². The fourth-order valence-corrected chi connectivity index (χ4v) is 5.88. The number of anilines is 3. The van der Waals surface area contributed by atoms with Crippen molar-refractivity contribution in [2.24, 2.45) is 0 Å². The van der Waals surface area contributed by atoms with E-state index >= 15 is 0 Å². The summed E-state index contributed by atoms with van der Waals surface area (Å²) in [5.41, 5.74) is 8.70. The largest absolute Gasteiger partial charge is 0.440 e. The second-order valence-electron chi connectivity index (χ2n) is 9.73. The minimum Gasteiger partial charge on any atom is -0.440 e. The first-order valence-electron chi connectivity index (χ1n) is 12.9. The number of furan rings is 2. The lowest BCUT2D eigenvalue weighted by Crippen LogP contribution is -2.56. The van der Waals surface area contributed by atoms with E-state index in [2.05, 4.69) is 95.9 Å². The van der Waals surface area contributed by atoms with E-state index in [0.29, 0.717) is 0 Å². The predicted molar refractivity (Wildman–Crippen MR) is 157 cm³/mol. The molecule has 3 heterocycles. The Morgan fingerprint density at radius 3 is 1.50 bits per heavy atom. The molecule has 0 amide bonds. The van der Waals surface area contributed by atoms with Crippen molar-refractivity contribution < 1.29 is 8.83 Å². The van der Waals surface area contributed by atoms with E-state index in [9.17, 15) is 0 Å². The number of nitrogens with zero attached hydrogens (tertiary/aromatic N) is 1. The Morgan fingerprint density at radius 1 is 0.447 bits per heavy atom. The predicted octanol–water partition coefficient (Wildman–Crippen LogP) is 7.15. The van der Waals surface area contributed by atoms with E-state index in [1.807, 2.05) is 42.5 Å². The lowest BCUT2D eigenvalue weighted by Gasteiger charge is -2.30. The minimum atomic E-state index is -0.0444. The highest BCUT2D eigenvalue weighted by molar-refractivity contribution is 7.00. The molecule has 0 aliphatic carbocycles. The number of hydrogen-bond donors (Lipinski definition) is 0. The summed E-state index contributed by atoms with van der Waals surface area (Å²) in [7, 11) is 0. The van der Waals surface area contributed by atoms with Crippen molar-refractivity contribution in [3.8, 4) is 11.1 Å². The van der Waals surface area contributed by atoms with Gasteiger partial charge in [0.05, 0.1) is 5.69 Å². The van der Waals surface area contributed by atoms with Crippen LogP contribution in [0.5, 0.6) is 0 Å². The summed E-state index contributed by atoms with van der Waals surface area (Å²) < 4.78 is 13.2.